The Labute approximate surface area is 95.5 Å². The van der Waals surface area contributed by atoms with Crippen molar-refractivity contribution in [1.82, 2.24) is 0 Å². The molecular formula is C12H17NO3. The molecule has 0 aliphatic rings. The van der Waals surface area contributed by atoms with Crippen LogP contribution in [0.15, 0.2) is 24.3 Å². The van der Waals surface area contributed by atoms with E-state index in [9.17, 15) is 4.79 Å². The summed E-state index contributed by atoms with van der Waals surface area (Å²) in [6.45, 7) is 3.31. The normalized spacial score (nSPS) is 11.0. The average molecular weight is 223 g/mol. The Balaban J connectivity index is 3.14. The Kier molecular flexibility index (Phi) is 3.42. The van der Waals surface area contributed by atoms with E-state index >= 15 is 0 Å². The average Bonchev–Trinajstić information content (AvgIpc) is 2.27. The van der Waals surface area contributed by atoms with Crippen molar-refractivity contribution in [2.24, 2.45) is 0 Å². The number of carboxylic acid groups (broad SMARTS) is 1. The third-order valence-electron chi connectivity index (χ3n) is 2.81. The molecule has 16 heavy (non-hydrogen) atoms. The van der Waals surface area contributed by atoms with Crippen LogP contribution in [0.2, 0.25) is 0 Å². The number of hydrogen-bond donors (Lipinski definition) is 1. The van der Waals surface area contributed by atoms with Gasteiger partial charge in [0, 0.05) is 7.05 Å². The van der Waals surface area contributed by atoms with Crippen molar-refractivity contribution in [2.75, 3.05) is 19.1 Å². The van der Waals surface area contributed by atoms with Crippen LogP contribution in [0.25, 0.3) is 0 Å². The smallest absolute Gasteiger partial charge is 0.328 e. The first kappa shape index (κ1) is 12.4. The van der Waals surface area contributed by atoms with Gasteiger partial charge in [-0.25, -0.2) is 4.79 Å². The lowest BCUT2D eigenvalue weighted by atomic mass is 10.0. The molecule has 0 fully saturated rings. The standard InChI is InChI=1S/C12H17NO3/c1-12(2,11(14)15)13(3)9-7-5-6-8-10(9)16-4/h5-8H,1-4H3,(H,14,15). The zero-order chi connectivity index (χ0) is 12.3. The van der Waals surface area contributed by atoms with E-state index in [2.05, 4.69) is 0 Å². The summed E-state index contributed by atoms with van der Waals surface area (Å²) in [5.74, 6) is -0.208. The maximum Gasteiger partial charge on any atom is 0.328 e. The Morgan fingerprint density at radius 3 is 2.44 bits per heavy atom. The zero-order valence-electron chi connectivity index (χ0n) is 10.0. The summed E-state index contributed by atoms with van der Waals surface area (Å²) >= 11 is 0. The number of hydrogen-bond acceptors (Lipinski definition) is 3. The monoisotopic (exact) mass is 223 g/mol. The van der Waals surface area contributed by atoms with Crippen molar-refractivity contribution in [1.29, 1.82) is 0 Å². The van der Waals surface area contributed by atoms with E-state index in [1.165, 1.54) is 0 Å². The van der Waals surface area contributed by atoms with Crippen LogP contribution >= 0.6 is 0 Å². The van der Waals surface area contributed by atoms with Crippen molar-refractivity contribution in [3.8, 4) is 5.75 Å². The molecule has 1 aromatic carbocycles. The molecular weight excluding hydrogens is 206 g/mol. The molecule has 0 atom stereocenters. The molecule has 88 valence electrons. The lowest BCUT2D eigenvalue weighted by Gasteiger charge is -2.34. The molecule has 4 nitrogen and oxygen atoms in total. The number of rotatable bonds is 4. The van der Waals surface area contributed by atoms with Crippen molar-refractivity contribution < 1.29 is 14.6 Å². The highest BCUT2D eigenvalue weighted by molar-refractivity contribution is 5.83. The van der Waals surface area contributed by atoms with Gasteiger partial charge in [-0.15, -0.1) is 0 Å². The third-order valence-corrected chi connectivity index (χ3v) is 2.81. The molecule has 0 unspecified atom stereocenters. The Morgan fingerprint density at radius 1 is 1.38 bits per heavy atom. The van der Waals surface area contributed by atoms with Gasteiger partial charge in [0.15, 0.2) is 0 Å². The van der Waals surface area contributed by atoms with E-state index in [0.29, 0.717) is 5.75 Å². The maximum absolute atomic E-state index is 11.2. The molecule has 0 saturated heterocycles. The Bertz CT molecular complexity index is 388. The van der Waals surface area contributed by atoms with Gasteiger partial charge >= 0.3 is 5.97 Å². The lowest BCUT2D eigenvalue weighted by molar-refractivity contribution is -0.142. The van der Waals surface area contributed by atoms with E-state index in [-0.39, 0.29) is 0 Å². The van der Waals surface area contributed by atoms with E-state index in [0.717, 1.165) is 5.69 Å². The van der Waals surface area contributed by atoms with E-state index in [1.807, 2.05) is 24.3 Å². The van der Waals surface area contributed by atoms with Gasteiger partial charge in [0.05, 0.1) is 12.8 Å². The molecule has 0 amide bonds. The van der Waals surface area contributed by atoms with Crippen LogP contribution in [0.3, 0.4) is 0 Å². The van der Waals surface area contributed by atoms with Crippen LogP contribution in [-0.2, 0) is 4.79 Å². The zero-order valence-corrected chi connectivity index (χ0v) is 10.0. The third kappa shape index (κ3) is 2.10. The quantitative estimate of drug-likeness (QED) is 0.848. The highest BCUT2D eigenvalue weighted by atomic mass is 16.5. The molecule has 0 aromatic heterocycles. The van der Waals surface area contributed by atoms with Crippen LogP contribution < -0.4 is 9.64 Å². The minimum Gasteiger partial charge on any atom is -0.495 e. The highest BCUT2D eigenvalue weighted by Crippen LogP contribution is 2.31. The number of ether oxygens (including phenoxy) is 1. The second-order valence-corrected chi connectivity index (χ2v) is 4.10. The SMILES string of the molecule is COc1ccccc1N(C)C(C)(C)C(=O)O. The van der Waals surface area contributed by atoms with Gasteiger partial charge < -0.3 is 14.7 Å². The minimum absolute atomic E-state index is 0.666. The summed E-state index contributed by atoms with van der Waals surface area (Å²) in [7, 11) is 3.31. The van der Waals surface area contributed by atoms with Gasteiger partial charge in [-0.05, 0) is 26.0 Å². The fraction of sp³-hybridized carbons (Fsp3) is 0.417. The number of carbonyl (C=O) groups is 1. The molecule has 1 rings (SSSR count). The molecule has 0 aliphatic carbocycles. The van der Waals surface area contributed by atoms with Crippen LogP contribution in [0.1, 0.15) is 13.8 Å². The number of methoxy groups -OCH3 is 1. The van der Waals surface area contributed by atoms with Crippen LogP contribution in [0.5, 0.6) is 5.75 Å². The first-order valence-corrected chi connectivity index (χ1v) is 5.01. The predicted octanol–water partition coefficient (Wildman–Crippen LogP) is 1.99. The first-order chi connectivity index (χ1) is 7.41. The molecule has 0 aliphatic heterocycles. The van der Waals surface area contributed by atoms with Crippen molar-refractivity contribution >= 4 is 11.7 Å². The van der Waals surface area contributed by atoms with Gasteiger partial charge in [0.25, 0.3) is 0 Å². The second kappa shape index (κ2) is 4.43. The molecule has 0 saturated carbocycles. The largest absolute Gasteiger partial charge is 0.495 e. The second-order valence-electron chi connectivity index (χ2n) is 4.10. The number of likely N-dealkylation sites (N-methyl/N-ethyl adjacent to an activating group) is 1. The summed E-state index contributed by atoms with van der Waals surface area (Å²) in [5.41, 5.74) is -0.216. The number of anilines is 1. The predicted molar refractivity (Wildman–Crippen MR) is 63.1 cm³/mol. The summed E-state index contributed by atoms with van der Waals surface area (Å²) in [5, 5.41) is 9.15. The van der Waals surface area contributed by atoms with Crippen LogP contribution in [0, 0.1) is 0 Å². The molecule has 1 N–H and O–H groups in total. The lowest BCUT2D eigenvalue weighted by Crippen LogP contribution is -2.48. The van der Waals surface area contributed by atoms with Crippen molar-refractivity contribution in [3.63, 3.8) is 0 Å². The Hall–Kier alpha value is -1.71. The van der Waals surface area contributed by atoms with E-state index < -0.39 is 11.5 Å². The molecule has 1 aromatic rings. The highest BCUT2D eigenvalue weighted by Gasteiger charge is 2.33. The molecule has 0 bridgehead atoms. The van der Waals surface area contributed by atoms with Gasteiger partial charge in [0.1, 0.15) is 11.3 Å². The first-order valence-electron chi connectivity index (χ1n) is 5.01. The van der Waals surface area contributed by atoms with Crippen molar-refractivity contribution in [3.05, 3.63) is 24.3 Å². The van der Waals surface area contributed by atoms with Crippen molar-refractivity contribution in [2.45, 2.75) is 19.4 Å². The molecule has 0 heterocycles. The van der Waals surface area contributed by atoms with Gasteiger partial charge in [-0.3, -0.25) is 0 Å². The number of carboxylic acids is 1. The van der Waals surface area contributed by atoms with E-state index in [4.69, 9.17) is 9.84 Å². The fourth-order valence-electron chi connectivity index (χ4n) is 1.35. The minimum atomic E-state index is -0.978. The number of aliphatic carboxylic acids is 1. The van der Waals surface area contributed by atoms with Gasteiger partial charge in [-0.2, -0.15) is 0 Å². The molecule has 0 spiro atoms. The summed E-state index contributed by atoms with van der Waals surface area (Å²) < 4.78 is 5.21. The maximum atomic E-state index is 11.2. The van der Waals surface area contributed by atoms with E-state index in [1.54, 1.807) is 32.9 Å². The fourth-order valence-corrected chi connectivity index (χ4v) is 1.35. The van der Waals surface area contributed by atoms with Gasteiger partial charge in [0.2, 0.25) is 0 Å². The van der Waals surface area contributed by atoms with Crippen LogP contribution in [0.4, 0.5) is 5.69 Å². The molecule has 0 radical (unpaired) electrons. The van der Waals surface area contributed by atoms with Gasteiger partial charge in [-0.1, -0.05) is 12.1 Å². The number of para-hydroxylation sites is 2. The summed E-state index contributed by atoms with van der Waals surface area (Å²) in [6, 6.07) is 7.35. The molecule has 4 heteroatoms. The Morgan fingerprint density at radius 2 is 1.94 bits per heavy atom. The van der Waals surface area contributed by atoms with Crippen LogP contribution in [-0.4, -0.2) is 30.8 Å². The topological polar surface area (TPSA) is 49.8 Å². The number of nitrogens with zero attached hydrogens (tertiary/aromatic N) is 1. The summed E-state index contributed by atoms with van der Waals surface area (Å²) in [6.07, 6.45) is 0. The summed E-state index contributed by atoms with van der Waals surface area (Å²) in [4.78, 5) is 12.8. The number of benzene rings is 1.